The average Bonchev–Trinajstić information content (AvgIpc) is 3.50. The number of amides is 1. The average molecular weight is 684 g/mol. The number of hydrogen-bond donors (Lipinski definition) is 2. The van der Waals surface area contributed by atoms with Gasteiger partial charge in [-0.3, -0.25) is 9.59 Å². The van der Waals surface area contributed by atoms with Crippen molar-refractivity contribution in [2.24, 2.45) is 5.92 Å². The Balaban J connectivity index is 0.000000200. The number of fused-ring (bicyclic) bond motifs is 1. The van der Waals surface area contributed by atoms with Crippen LogP contribution in [-0.2, 0) is 6.54 Å². The number of imidazole rings is 1. The molecule has 0 spiro atoms. The van der Waals surface area contributed by atoms with Crippen LogP contribution in [0, 0.1) is 17.6 Å². The van der Waals surface area contributed by atoms with Gasteiger partial charge in [0.25, 0.3) is 5.91 Å². The molecule has 2 N–H and O–H groups in total. The molecule has 3 heterocycles. The smallest absolute Gasteiger partial charge is 0.271 e. The van der Waals surface area contributed by atoms with Crippen LogP contribution in [0.5, 0.6) is 17.4 Å². The van der Waals surface area contributed by atoms with Crippen molar-refractivity contribution in [3.63, 3.8) is 0 Å². The number of nitrogens with zero attached hydrogens (tertiary/aromatic N) is 4. The first-order valence-electron chi connectivity index (χ1n) is 16.9. The lowest BCUT2D eigenvalue weighted by atomic mass is 9.83. The highest BCUT2D eigenvalue weighted by atomic mass is 19.1. The number of carbonyl (C=O) groups is 2. The number of ether oxygens (including phenoxy) is 1. The van der Waals surface area contributed by atoms with Gasteiger partial charge in [-0.05, 0) is 112 Å². The molecule has 0 unspecified atom stereocenters. The summed E-state index contributed by atoms with van der Waals surface area (Å²) in [6.07, 6.45) is 10.9. The van der Waals surface area contributed by atoms with Gasteiger partial charge in [-0.2, -0.15) is 0 Å². The van der Waals surface area contributed by atoms with Gasteiger partial charge in [0.15, 0.2) is 5.78 Å². The zero-order valence-electron chi connectivity index (χ0n) is 28.8. The van der Waals surface area contributed by atoms with Crippen molar-refractivity contribution >= 4 is 17.3 Å². The summed E-state index contributed by atoms with van der Waals surface area (Å²) >= 11 is 0. The molecule has 9 nitrogen and oxygen atoms in total. The number of phenols is 1. The standard InChI is InChI=1S/C22H21FN2O3.C17H22FN3O/c1-14(26)21-11-17(23)12-24-22(21)28-19-6-4-5-15(10-19)20-8-7-18(27)9-16(20)13-25(2)3;1-2-3-12-4-7-14(8-5-12)19-17(22)15-11-21-10-13(18)6-9-16(21)20-15/h4-12,27H,13H2,1-3H3;6,9-12,14H,2-5,7-8H2,1H3,(H,19,22). The summed E-state index contributed by atoms with van der Waals surface area (Å²) in [4.78, 5) is 34.2. The molecule has 11 heteroatoms. The van der Waals surface area contributed by atoms with Crippen molar-refractivity contribution in [3.05, 3.63) is 108 Å². The Kier molecular flexibility index (Phi) is 11.9. The van der Waals surface area contributed by atoms with Crippen LogP contribution in [0.1, 0.15) is 78.8 Å². The highest BCUT2D eigenvalue weighted by Gasteiger charge is 2.23. The predicted molar refractivity (Wildman–Crippen MR) is 188 cm³/mol. The van der Waals surface area contributed by atoms with E-state index < -0.39 is 5.82 Å². The lowest BCUT2D eigenvalue weighted by Crippen LogP contribution is -2.37. The van der Waals surface area contributed by atoms with Gasteiger partial charge in [0.05, 0.1) is 11.8 Å². The van der Waals surface area contributed by atoms with Crippen LogP contribution in [0.4, 0.5) is 8.78 Å². The minimum Gasteiger partial charge on any atom is -0.508 e. The number of nitrogens with one attached hydrogen (secondary N) is 1. The van der Waals surface area contributed by atoms with E-state index in [1.807, 2.05) is 43.3 Å². The highest BCUT2D eigenvalue weighted by molar-refractivity contribution is 5.96. The molecule has 0 atom stereocenters. The fraction of sp³-hybridized carbons (Fsp3) is 0.333. The molecule has 0 aliphatic heterocycles. The summed E-state index contributed by atoms with van der Waals surface area (Å²) in [6.45, 7) is 4.21. The number of halogens is 2. The number of carbonyl (C=O) groups excluding carboxylic acids is 2. The summed E-state index contributed by atoms with van der Waals surface area (Å²) in [7, 11) is 3.91. The van der Waals surface area contributed by atoms with Gasteiger partial charge < -0.3 is 24.5 Å². The van der Waals surface area contributed by atoms with Crippen LogP contribution in [0.15, 0.2) is 79.3 Å². The van der Waals surface area contributed by atoms with E-state index in [0.29, 0.717) is 23.6 Å². The number of ketones is 1. The second kappa shape index (κ2) is 16.5. The Morgan fingerprint density at radius 2 is 1.78 bits per heavy atom. The van der Waals surface area contributed by atoms with Crippen molar-refractivity contribution in [2.45, 2.75) is 65.0 Å². The number of rotatable bonds is 10. The molecular formula is C39H43F2N5O4. The number of Topliss-reactive ketones (excluding diaryl/α,β-unsaturated/α-hetero) is 1. The van der Waals surface area contributed by atoms with Crippen molar-refractivity contribution in [1.29, 1.82) is 0 Å². The minimum absolute atomic E-state index is 0.0604. The van der Waals surface area contributed by atoms with E-state index in [2.05, 4.69) is 22.2 Å². The summed E-state index contributed by atoms with van der Waals surface area (Å²) in [5, 5.41) is 12.9. The molecule has 6 rings (SSSR count). The molecular weight excluding hydrogens is 640 g/mol. The fourth-order valence-corrected chi connectivity index (χ4v) is 6.27. The van der Waals surface area contributed by atoms with Crippen molar-refractivity contribution < 1.29 is 28.2 Å². The lowest BCUT2D eigenvalue weighted by Gasteiger charge is -2.28. The van der Waals surface area contributed by atoms with Crippen LogP contribution >= 0.6 is 0 Å². The first-order valence-corrected chi connectivity index (χ1v) is 16.9. The zero-order valence-corrected chi connectivity index (χ0v) is 28.8. The SMILES string of the molecule is CC(=O)c1cc(F)cnc1Oc1cccc(-c2ccc(O)cc2CN(C)C)c1.CCCC1CCC(NC(=O)c2cn3cc(F)ccc3n2)CC1. The fourth-order valence-electron chi connectivity index (χ4n) is 6.27. The molecule has 2 aromatic carbocycles. The molecule has 262 valence electrons. The van der Waals surface area contributed by atoms with Gasteiger partial charge in [-0.25, -0.2) is 18.7 Å². The van der Waals surface area contributed by atoms with E-state index >= 15 is 0 Å². The quantitative estimate of drug-likeness (QED) is 0.143. The molecule has 1 fully saturated rings. The van der Waals surface area contributed by atoms with E-state index in [1.165, 1.54) is 44.9 Å². The summed E-state index contributed by atoms with van der Waals surface area (Å²) in [6, 6.07) is 16.8. The molecule has 1 saturated carbocycles. The Morgan fingerprint density at radius 3 is 2.50 bits per heavy atom. The van der Waals surface area contributed by atoms with Crippen LogP contribution in [0.2, 0.25) is 0 Å². The van der Waals surface area contributed by atoms with Crippen molar-refractivity contribution in [2.75, 3.05) is 14.1 Å². The van der Waals surface area contributed by atoms with E-state index in [-0.39, 0.29) is 40.7 Å². The first-order chi connectivity index (χ1) is 24.0. The summed E-state index contributed by atoms with van der Waals surface area (Å²) in [5.74, 6) is 0.127. The van der Waals surface area contributed by atoms with E-state index in [4.69, 9.17) is 4.74 Å². The molecule has 50 heavy (non-hydrogen) atoms. The molecule has 1 amide bonds. The second-order valence-corrected chi connectivity index (χ2v) is 13.0. The Bertz CT molecular complexity index is 1950. The van der Waals surface area contributed by atoms with Crippen molar-refractivity contribution in [3.8, 4) is 28.5 Å². The normalized spacial score (nSPS) is 15.7. The maximum Gasteiger partial charge on any atom is 0.271 e. The number of benzene rings is 2. The predicted octanol–water partition coefficient (Wildman–Crippen LogP) is 8.21. The zero-order chi connectivity index (χ0) is 35.8. The molecule has 1 aliphatic carbocycles. The largest absolute Gasteiger partial charge is 0.508 e. The van der Waals surface area contributed by atoms with Crippen LogP contribution in [0.3, 0.4) is 0 Å². The molecule has 1 aliphatic rings. The molecule has 3 aromatic heterocycles. The third-order valence-electron chi connectivity index (χ3n) is 8.66. The lowest BCUT2D eigenvalue weighted by molar-refractivity contribution is 0.0916. The van der Waals surface area contributed by atoms with E-state index in [9.17, 15) is 23.5 Å². The third-order valence-corrected chi connectivity index (χ3v) is 8.66. The number of phenolic OH excluding ortho intramolecular Hbond substituents is 1. The Hall–Kier alpha value is -5.16. The molecule has 5 aromatic rings. The summed E-state index contributed by atoms with van der Waals surface area (Å²) < 4.78 is 33.9. The topological polar surface area (TPSA) is 109 Å². The maximum absolute atomic E-state index is 13.4. The van der Waals surface area contributed by atoms with Gasteiger partial charge >= 0.3 is 0 Å². The maximum atomic E-state index is 13.4. The van der Waals surface area contributed by atoms with Crippen LogP contribution in [0.25, 0.3) is 16.8 Å². The van der Waals surface area contributed by atoms with Gasteiger partial charge in [0.1, 0.15) is 34.5 Å². The van der Waals surface area contributed by atoms with E-state index in [0.717, 1.165) is 47.7 Å². The molecule has 0 radical (unpaired) electrons. The molecule has 0 saturated heterocycles. The Morgan fingerprint density at radius 1 is 1.00 bits per heavy atom. The number of pyridine rings is 2. The summed E-state index contributed by atoms with van der Waals surface area (Å²) in [5.41, 5.74) is 3.82. The van der Waals surface area contributed by atoms with Gasteiger partial charge in [0.2, 0.25) is 5.88 Å². The van der Waals surface area contributed by atoms with Gasteiger partial charge in [0, 0.05) is 25.0 Å². The highest BCUT2D eigenvalue weighted by Crippen LogP contribution is 2.32. The van der Waals surface area contributed by atoms with E-state index in [1.54, 1.807) is 34.9 Å². The first kappa shape index (κ1) is 36.1. The third kappa shape index (κ3) is 9.50. The number of aromatic hydroxyl groups is 1. The van der Waals surface area contributed by atoms with Gasteiger partial charge in [-0.15, -0.1) is 0 Å². The second-order valence-electron chi connectivity index (χ2n) is 13.0. The van der Waals surface area contributed by atoms with Crippen LogP contribution in [-0.4, -0.2) is 56.2 Å². The minimum atomic E-state index is -0.594. The van der Waals surface area contributed by atoms with Crippen molar-refractivity contribution in [1.82, 2.24) is 24.6 Å². The Labute approximate surface area is 291 Å². The number of hydrogen-bond acceptors (Lipinski definition) is 7. The molecule has 0 bridgehead atoms. The van der Waals surface area contributed by atoms with Crippen LogP contribution < -0.4 is 10.1 Å². The van der Waals surface area contributed by atoms with Gasteiger partial charge in [-0.1, -0.05) is 38.0 Å². The monoisotopic (exact) mass is 683 g/mol. The number of aromatic nitrogens is 3.